The van der Waals surface area contributed by atoms with Crippen LogP contribution in [0.5, 0.6) is 0 Å². The van der Waals surface area contributed by atoms with Crippen LogP contribution in [-0.4, -0.2) is 36.7 Å². The molecule has 5 aromatic rings. The van der Waals surface area contributed by atoms with Crippen molar-refractivity contribution >= 4 is 28.5 Å². The van der Waals surface area contributed by atoms with Crippen molar-refractivity contribution in [2.45, 2.75) is 39.9 Å². The molecule has 0 saturated heterocycles. The zero-order valence-corrected chi connectivity index (χ0v) is 24.0. The molecule has 2 N–H and O–H groups in total. The van der Waals surface area contributed by atoms with Crippen molar-refractivity contribution in [3.63, 3.8) is 0 Å². The van der Waals surface area contributed by atoms with Crippen LogP contribution in [0.4, 0.5) is 0 Å². The third-order valence-corrected chi connectivity index (χ3v) is 7.24. The molecule has 0 aliphatic heterocycles. The first-order chi connectivity index (χ1) is 19.7. The van der Waals surface area contributed by atoms with Gasteiger partial charge in [0.25, 0.3) is 5.56 Å². The summed E-state index contributed by atoms with van der Waals surface area (Å²) in [4.78, 5) is 35.1. The summed E-state index contributed by atoms with van der Waals surface area (Å²) >= 11 is 6.33. The van der Waals surface area contributed by atoms with E-state index in [0.717, 1.165) is 16.7 Å². The fourth-order valence-electron chi connectivity index (χ4n) is 5.05. The fraction of sp³-hybridized carbons (Fsp3) is 0.250. The molecule has 0 radical (unpaired) electrons. The normalized spacial score (nSPS) is 12.2. The van der Waals surface area contributed by atoms with E-state index in [2.05, 4.69) is 23.7 Å². The van der Waals surface area contributed by atoms with Crippen molar-refractivity contribution in [1.82, 2.24) is 24.4 Å². The molecule has 5 rings (SSSR count). The summed E-state index contributed by atoms with van der Waals surface area (Å²) in [6.45, 7) is 6.66. The largest absolute Gasteiger partial charge is 0.480 e. The Bertz CT molecular complexity index is 1740. The van der Waals surface area contributed by atoms with E-state index in [9.17, 15) is 9.59 Å². The second-order valence-corrected chi connectivity index (χ2v) is 11.0. The molecule has 0 saturated carbocycles. The van der Waals surface area contributed by atoms with E-state index < -0.39 is 5.97 Å². The third kappa shape index (κ3) is 6.24. The Morgan fingerprint density at radius 3 is 2.44 bits per heavy atom. The number of aromatic nitrogens is 4. The molecule has 1 atom stereocenters. The molecule has 0 fully saturated rings. The summed E-state index contributed by atoms with van der Waals surface area (Å²) in [6, 6.07) is 22.7. The van der Waals surface area contributed by atoms with Crippen LogP contribution in [0.3, 0.4) is 0 Å². The van der Waals surface area contributed by atoms with Gasteiger partial charge in [0.1, 0.15) is 11.6 Å². The first-order valence-corrected chi connectivity index (χ1v) is 13.9. The summed E-state index contributed by atoms with van der Waals surface area (Å²) in [5, 5.41) is 13.0. The number of benzene rings is 3. The van der Waals surface area contributed by atoms with Gasteiger partial charge in [-0.1, -0.05) is 85.6 Å². The monoisotopic (exact) mass is 569 g/mol. The van der Waals surface area contributed by atoms with Gasteiger partial charge >= 0.3 is 5.97 Å². The van der Waals surface area contributed by atoms with Gasteiger partial charge in [-0.3, -0.25) is 14.2 Å². The number of aryl methyl sites for hydroxylation is 1. The van der Waals surface area contributed by atoms with E-state index in [0.29, 0.717) is 39.8 Å². The highest BCUT2D eigenvalue weighted by atomic mass is 35.5. The molecule has 41 heavy (non-hydrogen) atoms. The number of aliphatic carboxylic acids is 1. The van der Waals surface area contributed by atoms with Gasteiger partial charge in [0, 0.05) is 23.3 Å². The molecular formula is C32H32ClN5O3. The predicted octanol–water partition coefficient (Wildman–Crippen LogP) is 5.69. The number of carboxylic acid groups (broad SMARTS) is 1. The van der Waals surface area contributed by atoms with Crippen molar-refractivity contribution in [1.29, 1.82) is 0 Å². The van der Waals surface area contributed by atoms with Gasteiger partial charge in [-0.15, -0.1) is 0 Å². The number of imidazole rings is 1. The maximum atomic E-state index is 14.0. The molecule has 210 valence electrons. The average molecular weight is 570 g/mol. The number of rotatable bonds is 10. The van der Waals surface area contributed by atoms with Crippen molar-refractivity contribution in [3.05, 3.63) is 117 Å². The maximum Gasteiger partial charge on any atom is 0.317 e. The molecule has 0 unspecified atom stereocenters. The second kappa shape index (κ2) is 12.1. The maximum absolute atomic E-state index is 14.0. The minimum Gasteiger partial charge on any atom is -0.480 e. The molecule has 0 amide bonds. The number of halogens is 1. The minimum atomic E-state index is -0.938. The summed E-state index contributed by atoms with van der Waals surface area (Å²) in [7, 11) is 0. The van der Waals surface area contributed by atoms with Gasteiger partial charge in [-0.05, 0) is 36.6 Å². The first kappa shape index (κ1) is 28.3. The molecule has 2 heterocycles. The zero-order chi connectivity index (χ0) is 29.1. The van der Waals surface area contributed by atoms with E-state index in [1.807, 2.05) is 67.7 Å². The molecule has 0 aliphatic rings. The van der Waals surface area contributed by atoms with Crippen LogP contribution in [-0.2, 0) is 17.9 Å². The number of nitrogens with one attached hydrogen (secondary N) is 1. The van der Waals surface area contributed by atoms with Crippen molar-refractivity contribution in [2.75, 3.05) is 6.54 Å². The molecule has 8 nitrogen and oxygen atoms in total. The Morgan fingerprint density at radius 1 is 1.02 bits per heavy atom. The lowest BCUT2D eigenvalue weighted by atomic mass is 10.0. The van der Waals surface area contributed by atoms with E-state index in [4.69, 9.17) is 26.7 Å². The van der Waals surface area contributed by atoms with Gasteiger partial charge in [0.2, 0.25) is 0 Å². The van der Waals surface area contributed by atoms with Crippen LogP contribution in [0, 0.1) is 12.8 Å². The van der Waals surface area contributed by atoms with Crippen LogP contribution in [0.15, 0.2) is 83.8 Å². The molecule has 0 spiro atoms. The molecule has 3 aromatic carbocycles. The van der Waals surface area contributed by atoms with Crippen LogP contribution < -0.4 is 10.9 Å². The summed E-state index contributed by atoms with van der Waals surface area (Å²) in [5.41, 5.74) is 4.10. The highest BCUT2D eigenvalue weighted by Gasteiger charge is 2.28. The summed E-state index contributed by atoms with van der Waals surface area (Å²) < 4.78 is 3.81. The number of fused-ring (bicyclic) bond motifs is 1. The van der Waals surface area contributed by atoms with Crippen molar-refractivity contribution in [2.24, 2.45) is 5.92 Å². The Hall–Kier alpha value is -4.27. The van der Waals surface area contributed by atoms with Crippen molar-refractivity contribution < 1.29 is 9.90 Å². The topological polar surface area (TPSA) is 102 Å². The first-order valence-electron chi connectivity index (χ1n) is 13.5. The lowest BCUT2D eigenvalue weighted by Gasteiger charge is -2.27. The zero-order valence-electron chi connectivity index (χ0n) is 23.2. The minimum absolute atomic E-state index is 0.0128. The smallest absolute Gasteiger partial charge is 0.317 e. The van der Waals surface area contributed by atoms with Gasteiger partial charge in [-0.25, -0.2) is 9.97 Å². The average Bonchev–Trinajstić information content (AvgIpc) is 3.34. The second-order valence-electron chi connectivity index (χ2n) is 10.5. The number of nitrogens with zero attached hydrogens (tertiary/aromatic N) is 4. The Balaban J connectivity index is 1.73. The van der Waals surface area contributed by atoms with E-state index in [-0.39, 0.29) is 30.6 Å². The molecule has 0 aliphatic carbocycles. The number of hydrogen-bond donors (Lipinski definition) is 2. The SMILES string of the molecule is Cc1ccc(-c2nc(CNCC(=O)O)cn2[C@@H](c2nc3cc(Cl)ccc3c(=O)n2Cc2ccccc2)C(C)C)cc1. The van der Waals surface area contributed by atoms with Crippen LogP contribution in [0.25, 0.3) is 22.3 Å². The number of carboxylic acids is 1. The Kier molecular flexibility index (Phi) is 8.33. The van der Waals surface area contributed by atoms with E-state index in [1.54, 1.807) is 22.8 Å². The number of hydrogen-bond acceptors (Lipinski definition) is 5. The Labute approximate surface area is 243 Å². The lowest BCUT2D eigenvalue weighted by molar-refractivity contribution is -0.136. The fourth-order valence-corrected chi connectivity index (χ4v) is 5.22. The van der Waals surface area contributed by atoms with Crippen LogP contribution in [0.2, 0.25) is 5.02 Å². The quantitative estimate of drug-likeness (QED) is 0.224. The van der Waals surface area contributed by atoms with Crippen LogP contribution >= 0.6 is 11.6 Å². The van der Waals surface area contributed by atoms with Gasteiger partial charge in [0.15, 0.2) is 0 Å². The van der Waals surface area contributed by atoms with Gasteiger partial charge in [-0.2, -0.15) is 0 Å². The Morgan fingerprint density at radius 2 is 1.76 bits per heavy atom. The van der Waals surface area contributed by atoms with Gasteiger partial charge in [0.05, 0.1) is 35.7 Å². The van der Waals surface area contributed by atoms with Crippen LogP contribution in [0.1, 0.15) is 42.5 Å². The number of carbonyl (C=O) groups is 1. The summed E-state index contributed by atoms with van der Waals surface area (Å²) in [6.07, 6.45) is 1.93. The summed E-state index contributed by atoms with van der Waals surface area (Å²) in [5.74, 6) is 0.382. The van der Waals surface area contributed by atoms with Crippen molar-refractivity contribution in [3.8, 4) is 11.4 Å². The van der Waals surface area contributed by atoms with Gasteiger partial charge < -0.3 is 15.0 Å². The highest BCUT2D eigenvalue weighted by molar-refractivity contribution is 6.31. The third-order valence-electron chi connectivity index (χ3n) is 7.00. The predicted molar refractivity (Wildman–Crippen MR) is 161 cm³/mol. The standard InChI is InChI=1S/C32H32ClN5O3/c1-20(2)29(37-19-25(16-34-17-28(39)40)35-30(37)23-11-9-21(3)10-12-23)31-36-27-15-24(33)13-14-26(27)32(41)38(31)18-22-7-5-4-6-8-22/h4-15,19-20,29,34H,16-18H2,1-3H3,(H,39,40)/t29-/m1/s1. The lowest BCUT2D eigenvalue weighted by Crippen LogP contribution is -2.31. The molecular weight excluding hydrogens is 538 g/mol. The van der Waals surface area contributed by atoms with E-state index in [1.165, 1.54) is 0 Å². The highest BCUT2D eigenvalue weighted by Crippen LogP contribution is 2.32. The molecule has 0 bridgehead atoms. The molecule has 2 aromatic heterocycles. The van der Waals surface area contributed by atoms with E-state index >= 15 is 0 Å². The molecule has 9 heteroatoms.